The first kappa shape index (κ1) is 21.5. The second-order valence-electron chi connectivity index (χ2n) is 7.78. The molecule has 26 heavy (non-hydrogen) atoms. The van der Waals surface area contributed by atoms with Crippen molar-refractivity contribution in [2.24, 2.45) is 11.8 Å². The molecule has 0 unspecified atom stereocenters. The molecule has 1 saturated heterocycles. The summed E-state index contributed by atoms with van der Waals surface area (Å²) in [6, 6.07) is 0. The zero-order valence-electron chi connectivity index (χ0n) is 16.7. The van der Waals surface area contributed by atoms with Gasteiger partial charge in [-0.15, -0.1) is 0 Å². The van der Waals surface area contributed by atoms with Crippen LogP contribution >= 0.6 is 0 Å². The summed E-state index contributed by atoms with van der Waals surface area (Å²) < 4.78 is 16.0. The molecular weight excluding hydrogens is 332 g/mol. The van der Waals surface area contributed by atoms with Gasteiger partial charge in [0.2, 0.25) is 0 Å². The summed E-state index contributed by atoms with van der Waals surface area (Å²) in [6.45, 7) is 3.84. The number of ether oxygens (including phenoxy) is 3. The summed E-state index contributed by atoms with van der Waals surface area (Å²) in [5.74, 6) is 1.16. The molecule has 2 rings (SSSR count). The van der Waals surface area contributed by atoms with Gasteiger partial charge in [0.05, 0.1) is 6.61 Å². The lowest BCUT2D eigenvalue weighted by Crippen LogP contribution is -2.42. The lowest BCUT2D eigenvalue weighted by molar-refractivity contribution is -0.0990. The summed E-state index contributed by atoms with van der Waals surface area (Å²) in [4.78, 5) is 14.2. The Kier molecular flexibility index (Phi) is 10.3. The third-order valence-corrected chi connectivity index (χ3v) is 5.81. The van der Waals surface area contributed by atoms with Crippen molar-refractivity contribution in [3.63, 3.8) is 0 Å². The lowest BCUT2D eigenvalue weighted by Gasteiger charge is -2.32. The molecule has 0 radical (unpaired) electrons. The van der Waals surface area contributed by atoms with Crippen molar-refractivity contribution in [1.29, 1.82) is 0 Å². The first-order valence-corrected chi connectivity index (χ1v) is 10.4. The molecule has 0 aromatic rings. The summed E-state index contributed by atoms with van der Waals surface area (Å²) in [5.41, 5.74) is 0. The van der Waals surface area contributed by atoms with E-state index in [1.807, 2.05) is 4.90 Å². The van der Waals surface area contributed by atoms with Gasteiger partial charge in [-0.1, -0.05) is 32.1 Å². The van der Waals surface area contributed by atoms with Crippen molar-refractivity contribution in [3.05, 3.63) is 0 Å². The molecule has 1 aliphatic carbocycles. The number of piperidine rings is 1. The molecule has 152 valence electrons. The Labute approximate surface area is 158 Å². The maximum Gasteiger partial charge on any atom is 0.409 e. The number of methoxy groups -OCH3 is 2. The predicted molar refractivity (Wildman–Crippen MR) is 102 cm³/mol. The maximum absolute atomic E-state index is 12.3. The van der Waals surface area contributed by atoms with Crippen LogP contribution < -0.4 is 5.32 Å². The fourth-order valence-electron chi connectivity index (χ4n) is 3.98. The minimum absolute atomic E-state index is 0.114. The second-order valence-corrected chi connectivity index (χ2v) is 7.78. The molecule has 1 amide bonds. The molecule has 0 aromatic carbocycles. The highest BCUT2D eigenvalue weighted by molar-refractivity contribution is 5.67. The molecule has 0 spiro atoms. The number of rotatable bonds is 8. The molecular formula is C20H38N2O4. The van der Waals surface area contributed by atoms with Crippen LogP contribution in [0.25, 0.3) is 0 Å². The van der Waals surface area contributed by atoms with Crippen LogP contribution in [-0.2, 0) is 14.2 Å². The smallest absolute Gasteiger partial charge is 0.409 e. The van der Waals surface area contributed by atoms with Crippen molar-refractivity contribution in [1.82, 2.24) is 10.2 Å². The summed E-state index contributed by atoms with van der Waals surface area (Å²) in [6.07, 6.45) is 10.8. The average Bonchev–Trinajstić information content (AvgIpc) is 2.64. The number of carbonyl (C=O) groups excluding carboxylic acids is 1. The van der Waals surface area contributed by atoms with E-state index in [1.165, 1.54) is 44.9 Å². The molecule has 1 aliphatic heterocycles. The van der Waals surface area contributed by atoms with E-state index in [0.717, 1.165) is 32.5 Å². The molecule has 1 N–H and O–H groups in total. The zero-order valence-corrected chi connectivity index (χ0v) is 16.7. The third kappa shape index (κ3) is 7.80. The zero-order chi connectivity index (χ0) is 18.6. The molecule has 6 nitrogen and oxygen atoms in total. The van der Waals surface area contributed by atoms with E-state index in [0.29, 0.717) is 25.0 Å². The lowest BCUT2D eigenvalue weighted by atomic mass is 9.92. The van der Waals surface area contributed by atoms with Gasteiger partial charge in [0.25, 0.3) is 0 Å². The standard InChI is InChI=1S/C20H38N2O4/c1-24-19(25-2)15-21-14-17-10-12-22(13-11-17)20(23)26-16-18-8-6-4-3-5-7-9-18/h17-19,21H,3-16H2,1-2H3. The molecule has 1 saturated carbocycles. The minimum atomic E-state index is -0.196. The Hall–Kier alpha value is -0.850. The molecule has 0 bridgehead atoms. The van der Waals surface area contributed by atoms with Crippen LogP contribution in [0.15, 0.2) is 0 Å². The van der Waals surface area contributed by atoms with Gasteiger partial charge in [-0.2, -0.15) is 0 Å². The van der Waals surface area contributed by atoms with Crippen LogP contribution in [0, 0.1) is 11.8 Å². The van der Waals surface area contributed by atoms with E-state index in [-0.39, 0.29) is 12.4 Å². The van der Waals surface area contributed by atoms with Gasteiger partial charge in [-0.25, -0.2) is 4.79 Å². The van der Waals surface area contributed by atoms with Crippen LogP contribution in [0.1, 0.15) is 57.8 Å². The van der Waals surface area contributed by atoms with E-state index in [4.69, 9.17) is 14.2 Å². The van der Waals surface area contributed by atoms with E-state index in [2.05, 4.69) is 5.32 Å². The maximum atomic E-state index is 12.3. The molecule has 0 aromatic heterocycles. The van der Waals surface area contributed by atoms with Gasteiger partial charge in [-0.05, 0) is 44.1 Å². The average molecular weight is 371 g/mol. The molecule has 6 heteroatoms. The van der Waals surface area contributed by atoms with Crippen molar-refractivity contribution < 1.29 is 19.0 Å². The quantitative estimate of drug-likeness (QED) is 0.664. The Morgan fingerprint density at radius 2 is 1.58 bits per heavy atom. The van der Waals surface area contributed by atoms with Crippen LogP contribution in [-0.4, -0.2) is 64.3 Å². The topological polar surface area (TPSA) is 60.0 Å². The van der Waals surface area contributed by atoms with Gasteiger partial charge in [0.1, 0.15) is 0 Å². The van der Waals surface area contributed by atoms with Crippen LogP contribution in [0.2, 0.25) is 0 Å². The summed E-state index contributed by atoms with van der Waals surface area (Å²) >= 11 is 0. The van der Waals surface area contributed by atoms with Gasteiger partial charge in [0.15, 0.2) is 6.29 Å². The van der Waals surface area contributed by atoms with E-state index in [1.54, 1.807) is 14.2 Å². The minimum Gasteiger partial charge on any atom is -0.449 e. The molecule has 0 atom stereocenters. The Balaban J connectivity index is 1.58. The van der Waals surface area contributed by atoms with Crippen LogP contribution in [0.5, 0.6) is 0 Å². The normalized spacial score (nSPS) is 20.8. The van der Waals surface area contributed by atoms with Crippen molar-refractivity contribution in [2.75, 3.05) is 47.0 Å². The highest BCUT2D eigenvalue weighted by Gasteiger charge is 2.24. The first-order valence-electron chi connectivity index (χ1n) is 10.4. The highest BCUT2D eigenvalue weighted by Crippen LogP contribution is 2.23. The number of hydrogen-bond acceptors (Lipinski definition) is 5. The van der Waals surface area contributed by atoms with Crippen molar-refractivity contribution in [3.8, 4) is 0 Å². The SMILES string of the molecule is COC(CNCC1CCN(C(=O)OCC2CCCCCCC2)CC1)OC. The Morgan fingerprint density at radius 3 is 2.19 bits per heavy atom. The predicted octanol–water partition coefficient (Wildman–Crippen LogP) is 3.40. The first-order chi connectivity index (χ1) is 12.7. The third-order valence-electron chi connectivity index (χ3n) is 5.81. The van der Waals surface area contributed by atoms with Gasteiger partial charge in [-0.3, -0.25) is 0 Å². The largest absolute Gasteiger partial charge is 0.449 e. The van der Waals surface area contributed by atoms with Gasteiger partial charge < -0.3 is 24.4 Å². The number of likely N-dealkylation sites (tertiary alicyclic amines) is 1. The molecule has 2 aliphatic rings. The molecule has 2 fully saturated rings. The van der Waals surface area contributed by atoms with E-state index < -0.39 is 0 Å². The van der Waals surface area contributed by atoms with Crippen molar-refractivity contribution >= 4 is 6.09 Å². The van der Waals surface area contributed by atoms with E-state index >= 15 is 0 Å². The van der Waals surface area contributed by atoms with E-state index in [9.17, 15) is 4.79 Å². The van der Waals surface area contributed by atoms with Gasteiger partial charge >= 0.3 is 6.09 Å². The molecule has 1 heterocycles. The number of amides is 1. The number of nitrogens with one attached hydrogen (secondary N) is 1. The van der Waals surface area contributed by atoms with Crippen molar-refractivity contribution in [2.45, 2.75) is 64.1 Å². The van der Waals surface area contributed by atoms with Crippen LogP contribution in [0.4, 0.5) is 4.79 Å². The number of carbonyl (C=O) groups is 1. The van der Waals surface area contributed by atoms with Gasteiger partial charge in [0, 0.05) is 33.9 Å². The fourth-order valence-corrected chi connectivity index (χ4v) is 3.98. The number of nitrogens with zero attached hydrogens (tertiary/aromatic N) is 1. The Bertz CT molecular complexity index is 374. The second kappa shape index (κ2) is 12.5. The summed E-state index contributed by atoms with van der Waals surface area (Å²) in [5, 5.41) is 3.40. The van der Waals surface area contributed by atoms with Crippen LogP contribution in [0.3, 0.4) is 0 Å². The summed E-state index contributed by atoms with van der Waals surface area (Å²) in [7, 11) is 3.30. The highest BCUT2D eigenvalue weighted by atomic mass is 16.7. The fraction of sp³-hybridized carbons (Fsp3) is 0.950. The monoisotopic (exact) mass is 370 g/mol. The Morgan fingerprint density at radius 1 is 0.962 bits per heavy atom. The number of hydrogen-bond donors (Lipinski definition) is 1.